The number of likely N-dealkylation sites (tertiary alicyclic amines) is 1. The van der Waals surface area contributed by atoms with Crippen LogP contribution in [0.1, 0.15) is 42.1 Å². The standard InChI is InChI=1S/C26H32N2O6/c1-2-32-26(31)28-13-10-20(11-14-28)25-33-17-22-16-21(8-9-23(22)34-25)18-4-6-19(7-5-18)24(30)27-12-3-15-29/h4-9,16,20,25,29H,2-3,10-15,17H2,1H3,(H,27,30). The topological polar surface area (TPSA) is 97.3 Å². The van der Waals surface area contributed by atoms with E-state index in [9.17, 15) is 9.59 Å². The van der Waals surface area contributed by atoms with Crippen molar-refractivity contribution in [1.82, 2.24) is 10.2 Å². The first-order valence-electron chi connectivity index (χ1n) is 11.9. The van der Waals surface area contributed by atoms with Gasteiger partial charge in [-0.1, -0.05) is 18.2 Å². The number of piperidine rings is 1. The van der Waals surface area contributed by atoms with Crippen molar-refractivity contribution < 1.29 is 28.9 Å². The number of fused-ring (bicyclic) bond motifs is 1. The number of carbonyl (C=O) groups is 2. The Morgan fingerprint density at radius 1 is 1.12 bits per heavy atom. The second-order valence-electron chi connectivity index (χ2n) is 8.55. The molecule has 0 bridgehead atoms. The van der Waals surface area contributed by atoms with Crippen LogP contribution in [-0.4, -0.2) is 61.1 Å². The van der Waals surface area contributed by atoms with Crippen LogP contribution in [0.3, 0.4) is 0 Å². The second-order valence-corrected chi connectivity index (χ2v) is 8.55. The molecule has 0 aromatic heterocycles. The lowest BCUT2D eigenvalue weighted by Gasteiger charge is -2.37. The fourth-order valence-corrected chi connectivity index (χ4v) is 4.32. The first kappa shape index (κ1) is 24.0. The minimum atomic E-state index is -0.314. The van der Waals surface area contributed by atoms with Crippen molar-refractivity contribution in [3.63, 3.8) is 0 Å². The lowest BCUT2D eigenvalue weighted by atomic mass is 9.95. The van der Waals surface area contributed by atoms with Crippen molar-refractivity contribution >= 4 is 12.0 Å². The minimum absolute atomic E-state index is 0.0560. The molecule has 4 rings (SSSR count). The van der Waals surface area contributed by atoms with Gasteiger partial charge in [0.15, 0.2) is 0 Å². The molecule has 2 aromatic rings. The van der Waals surface area contributed by atoms with Crippen LogP contribution in [-0.2, 0) is 16.1 Å². The largest absolute Gasteiger partial charge is 0.464 e. The van der Waals surface area contributed by atoms with E-state index >= 15 is 0 Å². The third-order valence-electron chi connectivity index (χ3n) is 6.26. The molecule has 2 amide bonds. The monoisotopic (exact) mass is 468 g/mol. The highest BCUT2D eigenvalue weighted by molar-refractivity contribution is 5.94. The van der Waals surface area contributed by atoms with E-state index in [0.717, 1.165) is 35.3 Å². The number of hydrogen-bond donors (Lipinski definition) is 2. The molecule has 0 saturated carbocycles. The lowest BCUT2D eigenvalue weighted by Crippen LogP contribution is -2.44. The van der Waals surface area contributed by atoms with Crippen molar-refractivity contribution in [1.29, 1.82) is 0 Å². The number of aliphatic hydroxyl groups is 1. The molecular formula is C26H32N2O6. The van der Waals surface area contributed by atoms with E-state index in [-0.39, 0.29) is 30.8 Å². The van der Waals surface area contributed by atoms with Crippen LogP contribution in [0, 0.1) is 5.92 Å². The van der Waals surface area contributed by atoms with Crippen LogP contribution in [0.5, 0.6) is 5.75 Å². The van der Waals surface area contributed by atoms with Crippen molar-refractivity contribution in [2.45, 2.75) is 39.1 Å². The van der Waals surface area contributed by atoms with Crippen LogP contribution in [0.15, 0.2) is 42.5 Å². The maximum absolute atomic E-state index is 12.1. The number of hydrogen-bond acceptors (Lipinski definition) is 6. The van der Waals surface area contributed by atoms with Crippen LogP contribution < -0.4 is 10.1 Å². The molecule has 1 saturated heterocycles. The predicted octanol–water partition coefficient (Wildman–Crippen LogP) is 3.57. The van der Waals surface area contributed by atoms with Gasteiger partial charge in [0.05, 0.1) is 13.2 Å². The van der Waals surface area contributed by atoms with Gasteiger partial charge < -0.3 is 29.5 Å². The molecule has 0 aliphatic carbocycles. The number of nitrogens with zero attached hydrogens (tertiary/aromatic N) is 1. The Morgan fingerprint density at radius 3 is 2.56 bits per heavy atom. The van der Waals surface area contributed by atoms with Gasteiger partial charge >= 0.3 is 6.09 Å². The number of nitrogens with one attached hydrogen (secondary N) is 1. The Bertz CT molecular complexity index is 985. The number of amides is 2. The summed E-state index contributed by atoms with van der Waals surface area (Å²) >= 11 is 0. The van der Waals surface area contributed by atoms with Crippen LogP contribution >= 0.6 is 0 Å². The van der Waals surface area contributed by atoms with Gasteiger partial charge in [-0.15, -0.1) is 0 Å². The average Bonchev–Trinajstić information content (AvgIpc) is 2.88. The Morgan fingerprint density at radius 2 is 1.85 bits per heavy atom. The predicted molar refractivity (Wildman–Crippen MR) is 126 cm³/mol. The molecule has 1 atom stereocenters. The first-order chi connectivity index (χ1) is 16.6. The van der Waals surface area contributed by atoms with Crippen molar-refractivity contribution in [2.24, 2.45) is 5.92 Å². The summed E-state index contributed by atoms with van der Waals surface area (Å²) in [5.41, 5.74) is 3.61. The molecule has 8 heteroatoms. The van der Waals surface area contributed by atoms with E-state index < -0.39 is 0 Å². The minimum Gasteiger partial charge on any atom is -0.464 e. The van der Waals surface area contributed by atoms with Gasteiger partial charge in [-0.25, -0.2) is 4.79 Å². The zero-order chi connectivity index (χ0) is 23.9. The summed E-state index contributed by atoms with van der Waals surface area (Å²) in [7, 11) is 0. The van der Waals surface area contributed by atoms with Gasteiger partial charge in [0.2, 0.25) is 6.29 Å². The number of carbonyl (C=O) groups excluding carboxylic acids is 2. The zero-order valence-electron chi connectivity index (χ0n) is 19.5. The maximum atomic E-state index is 12.1. The van der Waals surface area contributed by atoms with E-state index in [2.05, 4.69) is 11.4 Å². The smallest absolute Gasteiger partial charge is 0.409 e. The highest BCUT2D eigenvalue weighted by Crippen LogP contribution is 2.35. The van der Waals surface area contributed by atoms with Crippen LogP contribution in [0.4, 0.5) is 4.79 Å². The van der Waals surface area contributed by atoms with E-state index in [1.807, 2.05) is 31.2 Å². The first-order valence-corrected chi connectivity index (χ1v) is 11.9. The molecule has 34 heavy (non-hydrogen) atoms. The summed E-state index contributed by atoms with van der Waals surface area (Å²) in [6.07, 6.45) is 1.61. The molecule has 2 aromatic carbocycles. The van der Waals surface area contributed by atoms with Gasteiger partial charge in [0, 0.05) is 43.3 Å². The highest BCUT2D eigenvalue weighted by atomic mass is 16.7. The molecule has 0 radical (unpaired) electrons. The molecule has 1 unspecified atom stereocenters. The van der Waals surface area contributed by atoms with E-state index in [1.165, 1.54) is 0 Å². The average molecular weight is 469 g/mol. The summed E-state index contributed by atoms with van der Waals surface area (Å²) in [6, 6.07) is 13.5. The molecule has 0 spiro atoms. The summed E-state index contributed by atoms with van der Waals surface area (Å²) in [5, 5.41) is 11.6. The summed E-state index contributed by atoms with van der Waals surface area (Å²) in [5.74, 6) is 0.911. The third-order valence-corrected chi connectivity index (χ3v) is 6.26. The van der Waals surface area contributed by atoms with Crippen molar-refractivity contribution in [2.75, 3.05) is 32.8 Å². The van der Waals surface area contributed by atoms with Gasteiger partial charge in [0.25, 0.3) is 5.91 Å². The second kappa shape index (κ2) is 11.4. The number of rotatable bonds is 7. The van der Waals surface area contributed by atoms with E-state index in [1.54, 1.807) is 17.0 Å². The number of benzene rings is 2. The quantitative estimate of drug-likeness (QED) is 0.603. The van der Waals surface area contributed by atoms with Gasteiger partial charge in [0.1, 0.15) is 5.75 Å². The van der Waals surface area contributed by atoms with Gasteiger partial charge in [-0.2, -0.15) is 0 Å². The van der Waals surface area contributed by atoms with Crippen LogP contribution in [0.25, 0.3) is 11.1 Å². The van der Waals surface area contributed by atoms with Crippen molar-refractivity contribution in [3.8, 4) is 16.9 Å². The normalized spacial score (nSPS) is 18.1. The summed E-state index contributed by atoms with van der Waals surface area (Å²) in [6.45, 7) is 4.47. The molecule has 8 nitrogen and oxygen atoms in total. The lowest BCUT2D eigenvalue weighted by molar-refractivity contribution is -0.148. The Balaban J connectivity index is 1.34. The number of aliphatic hydroxyl groups excluding tert-OH is 1. The summed E-state index contributed by atoms with van der Waals surface area (Å²) in [4.78, 5) is 25.8. The fraction of sp³-hybridized carbons (Fsp3) is 0.462. The molecule has 1 fully saturated rings. The van der Waals surface area contributed by atoms with E-state index in [4.69, 9.17) is 19.3 Å². The molecule has 2 aliphatic rings. The van der Waals surface area contributed by atoms with E-state index in [0.29, 0.717) is 44.8 Å². The molecule has 2 N–H and O–H groups in total. The Labute approximate surface area is 199 Å². The zero-order valence-corrected chi connectivity index (χ0v) is 19.5. The van der Waals surface area contributed by atoms with Gasteiger partial charge in [-0.3, -0.25) is 4.79 Å². The van der Waals surface area contributed by atoms with Gasteiger partial charge in [-0.05, 0) is 61.6 Å². The third kappa shape index (κ3) is 5.69. The van der Waals surface area contributed by atoms with Crippen molar-refractivity contribution in [3.05, 3.63) is 53.6 Å². The molecule has 2 heterocycles. The Kier molecular flexibility index (Phi) is 8.03. The molecule has 2 aliphatic heterocycles. The van der Waals surface area contributed by atoms with Crippen LogP contribution in [0.2, 0.25) is 0 Å². The maximum Gasteiger partial charge on any atom is 0.409 e. The summed E-state index contributed by atoms with van der Waals surface area (Å²) < 4.78 is 17.3. The molecular weight excluding hydrogens is 436 g/mol. The SMILES string of the molecule is CCOC(=O)N1CCC(C2OCc3cc(-c4ccc(C(=O)NCCCO)cc4)ccc3O2)CC1. The number of ether oxygens (including phenoxy) is 3. The Hall–Kier alpha value is -3.10. The highest BCUT2D eigenvalue weighted by Gasteiger charge is 2.33. The molecule has 182 valence electrons. The fourth-order valence-electron chi connectivity index (χ4n) is 4.32.